The number of carbonyl (C=O) groups is 2. The Bertz CT molecular complexity index is 569. The Labute approximate surface area is 130 Å². The standard InChI is InChI=1S/C18H20N2O2/c1-13(20-15-10-6-3-7-11-15)17(21)18(22)16(19)12-14-8-4-2-5-9-14/h2-11,13,16,20H,12,19H2,1H3/t13-,16-/m0/s1. The van der Waals surface area contributed by atoms with Crippen molar-refractivity contribution in [3.05, 3.63) is 66.2 Å². The molecule has 0 saturated carbocycles. The Morgan fingerprint density at radius 2 is 1.50 bits per heavy atom. The van der Waals surface area contributed by atoms with E-state index in [1.165, 1.54) is 0 Å². The van der Waals surface area contributed by atoms with Crippen molar-refractivity contribution in [1.29, 1.82) is 0 Å². The van der Waals surface area contributed by atoms with E-state index in [1.54, 1.807) is 6.92 Å². The highest BCUT2D eigenvalue weighted by Gasteiger charge is 2.26. The van der Waals surface area contributed by atoms with Gasteiger partial charge in [0, 0.05) is 5.69 Å². The number of nitrogens with one attached hydrogen (secondary N) is 1. The van der Waals surface area contributed by atoms with E-state index in [2.05, 4.69) is 5.32 Å². The highest BCUT2D eigenvalue weighted by molar-refractivity contribution is 6.41. The van der Waals surface area contributed by atoms with Crippen LogP contribution in [-0.2, 0) is 16.0 Å². The second-order valence-corrected chi connectivity index (χ2v) is 5.26. The van der Waals surface area contributed by atoms with Crippen molar-refractivity contribution in [2.24, 2.45) is 5.73 Å². The van der Waals surface area contributed by atoms with Crippen molar-refractivity contribution in [3.63, 3.8) is 0 Å². The zero-order valence-corrected chi connectivity index (χ0v) is 12.5. The molecule has 0 aliphatic rings. The van der Waals surface area contributed by atoms with Crippen LogP contribution in [0.2, 0.25) is 0 Å². The lowest BCUT2D eigenvalue weighted by molar-refractivity contribution is -0.137. The van der Waals surface area contributed by atoms with Crippen molar-refractivity contribution < 1.29 is 9.59 Å². The summed E-state index contributed by atoms with van der Waals surface area (Å²) in [5, 5.41) is 3.02. The van der Waals surface area contributed by atoms with E-state index in [0.717, 1.165) is 11.3 Å². The fourth-order valence-corrected chi connectivity index (χ4v) is 2.21. The van der Waals surface area contributed by atoms with E-state index in [0.29, 0.717) is 6.42 Å². The molecule has 2 rings (SSSR count). The number of para-hydroxylation sites is 1. The predicted octanol–water partition coefficient (Wildman–Crippen LogP) is 2.20. The van der Waals surface area contributed by atoms with Crippen LogP contribution in [0.3, 0.4) is 0 Å². The lowest BCUT2D eigenvalue weighted by Crippen LogP contribution is -2.43. The normalized spacial score (nSPS) is 13.2. The second-order valence-electron chi connectivity index (χ2n) is 5.26. The van der Waals surface area contributed by atoms with Gasteiger partial charge in [-0.15, -0.1) is 0 Å². The van der Waals surface area contributed by atoms with Crippen molar-refractivity contribution in [1.82, 2.24) is 0 Å². The molecule has 0 amide bonds. The zero-order chi connectivity index (χ0) is 15.9. The Morgan fingerprint density at radius 3 is 2.09 bits per heavy atom. The first-order valence-corrected chi connectivity index (χ1v) is 7.27. The molecule has 0 spiro atoms. The van der Waals surface area contributed by atoms with E-state index in [-0.39, 0.29) is 0 Å². The average molecular weight is 296 g/mol. The van der Waals surface area contributed by atoms with E-state index in [9.17, 15) is 9.59 Å². The number of Topliss-reactive ketones (excluding diaryl/α,β-unsaturated/α-hetero) is 2. The van der Waals surface area contributed by atoms with Crippen LogP contribution in [-0.4, -0.2) is 23.7 Å². The highest BCUT2D eigenvalue weighted by Crippen LogP contribution is 2.09. The predicted molar refractivity (Wildman–Crippen MR) is 87.7 cm³/mol. The van der Waals surface area contributed by atoms with E-state index in [4.69, 9.17) is 5.73 Å². The quantitative estimate of drug-likeness (QED) is 0.768. The molecule has 0 aliphatic heterocycles. The topological polar surface area (TPSA) is 72.2 Å². The summed E-state index contributed by atoms with van der Waals surface area (Å²) < 4.78 is 0. The van der Waals surface area contributed by atoms with Gasteiger partial charge >= 0.3 is 0 Å². The van der Waals surface area contributed by atoms with Gasteiger partial charge in [0.15, 0.2) is 0 Å². The Hall–Kier alpha value is -2.46. The Kier molecular flexibility index (Phi) is 5.44. The fourth-order valence-electron chi connectivity index (χ4n) is 2.21. The molecule has 4 nitrogen and oxygen atoms in total. The van der Waals surface area contributed by atoms with E-state index in [1.807, 2.05) is 60.7 Å². The minimum atomic E-state index is -0.810. The number of nitrogens with two attached hydrogens (primary N) is 1. The third-order valence-corrected chi connectivity index (χ3v) is 3.43. The summed E-state index contributed by atoms with van der Waals surface area (Å²) in [5.74, 6) is -1.04. The largest absolute Gasteiger partial charge is 0.375 e. The number of hydrogen-bond donors (Lipinski definition) is 2. The van der Waals surface area contributed by atoms with Crippen molar-refractivity contribution in [2.75, 3.05) is 5.32 Å². The molecule has 2 atom stereocenters. The summed E-state index contributed by atoms with van der Waals surface area (Å²) in [6, 6.07) is 17.3. The van der Waals surface area contributed by atoms with E-state index >= 15 is 0 Å². The van der Waals surface area contributed by atoms with Crippen LogP contribution < -0.4 is 11.1 Å². The number of carbonyl (C=O) groups excluding carboxylic acids is 2. The lowest BCUT2D eigenvalue weighted by Gasteiger charge is -2.16. The summed E-state index contributed by atoms with van der Waals surface area (Å²) in [7, 11) is 0. The molecule has 0 unspecified atom stereocenters. The minimum Gasteiger partial charge on any atom is -0.375 e. The molecule has 0 aromatic heterocycles. The molecule has 2 aromatic carbocycles. The van der Waals surface area contributed by atoms with E-state index < -0.39 is 23.7 Å². The molecular formula is C18H20N2O2. The molecule has 4 heteroatoms. The van der Waals surface area contributed by atoms with Crippen LogP contribution in [0.4, 0.5) is 5.69 Å². The number of benzene rings is 2. The molecule has 0 aliphatic carbocycles. The molecule has 0 bridgehead atoms. The maximum absolute atomic E-state index is 12.2. The lowest BCUT2D eigenvalue weighted by atomic mass is 9.98. The number of hydrogen-bond acceptors (Lipinski definition) is 4. The first kappa shape index (κ1) is 15.9. The first-order chi connectivity index (χ1) is 10.6. The maximum Gasteiger partial charge on any atom is 0.221 e. The molecule has 3 N–H and O–H groups in total. The molecular weight excluding hydrogens is 276 g/mol. The van der Waals surface area contributed by atoms with Gasteiger partial charge in [-0.05, 0) is 31.0 Å². The summed E-state index contributed by atoms with van der Waals surface area (Å²) in [6.45, 7) is 1.67. The summed E-state index contributed by atoms with van der Waals surface area (Å²) in [5.41, 5.74) is 7.63. The minimum absolute atomic E-state index is 0.365. The summed E-state index contributed by atoms with van der Waals surface area (Å²) in [6.07, 6.45) is 0.365. The first-order valence-electron chi connectivity index (χ1n) is 7.27. The van der Waals surface area contributed by atoms with Crippen LogP contribution in [0.25, 0.3) is 0 Å². The van der Waals surface area contributed by atoms with Crippen molar-refractivity contribution in [3.8, 4) is 0 Å². The smallest absolute Gasteiger partial charge is 0.221 e. The van der Waals surface area contributed by atoms with Crippen LogP contribution >= 0.6 is 0 Å². The van der Waals surface area contributed by atoms with Gasteiger partial charge < -0.3 is 11.1 Å². The van der Waals surface area contributed by atoms with Crippen molar-refractivity contribution >= 4 is 17.3 Å². The molecule has 114 valence electrons. The maximum atomic E-state index is 12.2. The van der Waals surface area contributed by atoms with Gasteiger partial charge in [0.1, 0.15) is 0 Å². The zero-order valence-electron chi connectivity index (χ0n) is 12.5. The Balaban J connectivity index is 1.94. The number of ketones is 2. The molecule has 2 aromatic rings. The number of rotatable bonds is 7. The van der Waals surface area contributed by atoms with Gasteiger partial charge in [-0.1, -0.05) is 48.5 Å². The molecule has 22 heavy (non-hydrogen) atoms. The highest BCUT2D eigenvalue weighted by atomic mass is 16.2. The van der Waals surface area contributed by atoms with Gasteiger partial charge in [0.05, 0.1) is 12.1 Å². The van der Waals surface area contributed by atoms with Crippen LogP contribution in [0.5, 0.6) is 0 Å². The van der Waals surface area contributed by atoms with Gasteiger partial charge in [0.2, 0.25) is 11.6 Å². The molecule has 0 heterocycles. The van der Waals surface area contributed by atoms with Gasteiger partial charge in [-0.3, -0.25) is 9.59 Å². The molecule has 0 fully saturated rings. The summed E-state index contributed by atoms with van der Waals surface area (Å²) >= 11 is 0. The molecule has 0 saturated heterocycles. The number of anilines is 1. The average Bonchev–Trinajstić information content (AvgIpc) is 2.55. The van der Waals surface area contributed by atoms with Crippen LogP contribution in [0.15, 0.2) is 60.7 Å². The molecule has 0 radical (unpaired) electrons. The SMILES string of the molecule is C[C@H](Nc1ccccc1)C(=O)C(=O)[C@@H](N)Cc1ccccc1. The van der Waals surface area contributed by atoms with Crippen molar-refractivity contribution in [2.45, 2.75) is 25.4 Å². The van der Waals surface area contributed by atoms with Crippen LogP contribution in [0.1, 0.15) is 12.5 Å². The van der Waals surface area contributed by atoms with Gasteiger partial charge in [0.25, 0.3) is 0 Å². The van der Waals surface area contributed by atoms with Crippen LogP contribution in [0, 0.1) is 0 Å². The Morgan fingerprint density at radius 1 is 0.955 bits per heavy atom. The monoisotopic (exact) mass is 296 g/mol. The third kappa shape index (κ3) is 4.27. The van der Waals surface area contributed by atoms with Gasteiger partial charge in [-0.2, -0.15) is 0 Å². The summed E-state index contributed by atoms with van der Waals surface area (Å²) in [4.78, 5) is 24.4. The third-order valence-electron chi connectivity index (χ3n) is 3.43. The fraction of sp³-hybridized carbons (Fsp3) is 0.222. The van der Waals surface area contributed by atoms with Gasteiger partial charge in [-0.25, -0.2) is 0 Å². The second kappa shape index (κ2) is 7.52.